The zero-order valence-electron chi connectivity index (χ0n) is 9.80. The van der Waals surface area contributed by atoms with E-state index >= 15 is 0 Å². The van der Waals surface area contributed by atoms with Gasteiger partial charge in [-0.15, -0.1) is 0 Å². The lowest BCUT2D eigenvalue weighted by atomic mass is 10.1. The van der Waals surface area contributed by atoms with Gasteiger partial charge in [0.05, 0.1) is 0 Å². The van der Waals surface area contributed by atoms with Crippen molar-refractivity contribution >= 4 is 11.8 Å². The molecule has 1 rings (SSSR count). The van der Waals surface area contributed by atoms with Gasteiger partial charge in [0.15, 0.2) is 0 Å². The molecule has 0 aromatic heterocycles. The van der Waals surface area contributed by atoms with Crippen LogP contribution >= 0.6 is 0 Å². The van der Waals surface area contributed by atoms with Crippen LogP contribution in [0.2, 0.25) is 0 Å². The average Bonchev–Trinajstić information content (AvgIpc) is 2.42. The monoisotopic (exact) mass is 252 g/mol. The molecular weight excluding hydrogens is 236 g/mol. The Morgan fingerprint density at radius 2 is 1.83 bits per heavy atom. The van der Waals surface area contributed by atoms with Gasteiger partial charge in [-0.05, 0) is 18.4 Å². The smallest absolute Gasteiger partial charge is 0.281 e. The number of hydroxylamine groups is 1. The standard InChI is InChI=1S/C12H16N2O4/c15-10(12(17)14-18)11(16)13-8-4-7-9-5-2-1-3-6-9/h1-3,5-6,10,15,18H,4,7-8H2,(H,13,16)(H,14,17)/t10-/m1/s1. The highest BCUT2D eigenvalue weighted by Gasteiger charge is 2.22. The van der Waals surface area contributed by atoms with E-state index in [0.29, 0.717) is 13.0 Å². The second-order valence-electron chi connectivity index (χ2n) is 3.76. The quantitative estimate of drug-likeness (QED) is 0.240. The van der Waals surface area contributed by atoms with E-state index < -0.39 is 17.9 Å². The topological polar surface area (TPSA) is 98.7 Å². The Kier molecular flexibility index (Phi) is 5.83. The molecule has 6 heteroatoms. The van der Waals surface area contributed by atoms with Gasteiger partial charge >= 0.3 is 0 Å². The number of nitrogens with one attached hydrogen (secondary N) is 2. The summed E-state index contributed by atoms with van der Waals surface area (Å²) < 4.78 is 0. The zero-order chi connectivity index (χ0) is 13.4. The number of hydrogen-bond donors (Lipinski definition) is 4. The number of carbonyl (C=O) groups excluding carboxylic acids is 2. The second kappa shape index (κ2) is 7.41. The summed E-state index contributed by atoms with van der Waals surface area (Å²) in [6.07, 6.45) is -0.390. The van der Waals surface area contributed by atoms with E-state index in [9.17, 15) is 9.59 Å². The molecule has 2 amide bonds. The van der Waals surface area contributed by atoms with E-state index in [-0.39, 0.29) is 0 Å². The highest BCUT2D eigenvalue weighted by molar-refractivity contribution is 6.02. The number of amides is 2. The van der Waals surface area contributed by atoms with Crippen LogP contribution in [0.3, 0.4) is 0 Å². The van der Waals surface area contributed by atoms with Crippen LogP contribution in [0.5, 0.6) is 0 Å². The van der Waals surface area contributed by atoms with Crippen molar-refractivity contribution in [3.63, 3.8) is 0 Å². The fourth-order valence-electron chi connectivity index (χ4n) is 1.43. The maximum Gasteiger partial charge on any atom is 0.281 e. The molecule has 1 atom stereocenters. The van der Waals surface area contributed by atoms with E-state index in [1.54, 1.807) is 0 Å². The summed E-state index contributed by atoms with van der Waals surface area (Å²) >= 11 is 0. The van der Waals surface area contributed by atoms with E-state index in [0.717, 1.165) is 12.0 Å². The van der Waals surface area contributed by atoms with Crippen molar-refractivity contribution < 1.29 is 19.9 Å². The molecule has 1 aromatic carbocycles. The molecule has 0 fully saturated rings. The first-order valence-electron chi connectivity index (χ1n) is 5.59. The van der Waals surface area contributed by atoms with Crippen molar-refractivity contribution in [2.24, 2.45) is 0 Å². The lowest BCUT2D eigenvalue weighted by molar-refractivity contribution is -0.146. The van der Waals surface area contributed by atoms with Crippen LogP contribution in [0.1, 0.15) is 12.0 Å². The van der Waals surface area contributed by atoms with Crippen LogP contribution in [0.15, 0.2) is 30.3 Å². The van der Waals surface area contributed by atoms with E-state index in [2.05, 4.69) is 5.32 Å². The van der Waals surface area contributed by atoms with Crippen molar-refractivity contribution in [1.82, 2.24) is 10.8 Å². The molecule has 0 bridgehead atoms. The Morgan fingerprint density at radius 1 is 1.17 bits per heavy atom. The number of aryl methyl sites for hydroxylation is 1. The predicted molar refractivity (Wildman–Crippen MR) is 63.7 cm³/mol. The fraction of sp³-hybridized carbons (Fsp3) is 0.333. The average molecular weight is 252 g/mol. The molecule has 4 N–H and O–H groups in total. The van der Waals surface area contributed by atoms with E-state index in [4.69, 9.17) is 10.3 Å². The summed E-state index contributed by atoms with van der Waals surface area (Å²) in [6, 6.07) is 9.76. The van der Waals surface area contributed by atoms with Gasteiger partial charge in [-0.25, -0.2) is 5.48 Å². The summed E-state index contributed by atoms with van der Waals surface area (Å²) in [5.74, 6) is -1.97. The number of benzene rings is 1. The number of carbonyl (C=O) groups is 2. The fourth-order valence-corrected chi connectivity index (χ4v) is 1.43. The Hall–Kier alpha value is -1.92. The van der Waals surface area contributed by atoms with Crippen LogP contribution in [-0.4, -0.2) is 34.8 Å². The summed E-state index contributed by atoms with van der Waals surface area (Å²) in [5, 5.41) is 19.8. The van der Waals surface area contributed by atoms with Gasteiger partial charge in [0.25, 0.3) is 11.8 Å². The van der Waals surface area contributed by atoms with Crippen molar-refractivity contribution in [2.75, 3.05) is 6.54 Å². The van der Waals surface area contributed by atoms with Crippen molar-refractivity contribution in [3.05, 3.63) is 35.9 Å². The third kappa shape index (κ3) is 4.52. The number of aliphatic hydroxyl groups excluding tert-OH is 1. The van der Waals surface area contributed by atoms with Gasteiger partial charge in [-0.3, -0.25) is 14.8 Å². The highest BCUT2D eigenvalue weighted by atomic mass is 16.5. The van der Waals surface area contributed by atoms with Gasteiger partial charge in [-0.2, -0.15) is 0 Å². The lowest BCUT2D eigenvalue weighted by Gasteiger charge is -2.09. The Labute approximate surface area is 105 Å². The van der Waals surface area contributed by atoms with Crippen LogP contribution < -0.4 is 10.8 Å². The maximum absolute atomic E-state index is 11.2. The molecule has 1 aromatic rings. The molecule has 0 saturated carbocycles. The number of hydrogen-bond acceptors (Lipinski definition) is 4. The molecule has 0 unspecified atom stereocenters. The molecule has 6 nitrogen and oxygen atoms in total. The molecule has 0 radical (unpaired) electrons. The zero-order valence-corrected chi connectivity index (χ0v) is 9.80. The molecule has 18 heavy (non-hydrogen) atoms. The largest absolute Gasteiger partial charge is 0.375 e. The normalized spacial score (nSPS) is 11.7. The van der Waals surface area contributed by atoms with E-state index in [1.165, 1.54) is 5.48 Å². The lowest BCUT2D eigenvalue weighted by Crippen LogP contribution is -2.44. The van der Waals surface area contributed by atoms with Gasteiger partial charge in [-0.1, -0.05) is 30.3 Å². The third-order valence-corrected chi connectivity index (χ3v) is 2.39. The summed E-state index contributed by atoms with van der Waals surface area (Å²) in [4.78, 5) is 22.0. The molecule has 0 aliphatic heterocycles. The summed E-state index contributed by atoms with van der Waals surface area (Å²) in [6.45, 7) is 0.351. The first-order valence-corrected chi connectivity index (χ1v) is 5.59. The van der Waals surface area contributed by atoms with Gasteiger partial charge < -0.3 is 10.4 Å². The van der Waals surface area contributed by atoms with Crippen molar-refractivity contribution in [3.8, 4) is 0 Å². The number of aliphatic hydroxyl groups is 1. The molecule has 0 heterocycles. The molecule has 0 spiro atoms. The molecule has 0 aliphatic rings. The van der Waals surface area contributed by atoms with Gasteiger partial charge in [0.2, 0.25) is 6.10 Å². The predicted octanol–water partition coefficient (Wildman–Crippen LogP) is -0.398. The molecule has 0 aliphatic carbocycles. The van der Waals surface area contributed by atoms with E-state index in [1.807, 2.05) is 30.3 Å². The minimum atomic E-state index is -1.88. The van der Waals surface area contributed by atoms with Gasteiger partial charge in [0.1, 0.15) is 0 Å². The summed E-state index contributed by atoms with van der Waals surface area (Å²) in [5.41, 5.74) is 2.37. The van der Waals surface area contributed by atoms with Crippen LogP contribution in [0.4, 0.5) is 0 Å². The van der Waals surface area contributed by atoms with Crippen molar-refractivity contribution in [2.45, 2.75) is 18.9 Å². The minimum Gasteiger partial charge on any atom is -0.375 e. The highest BCUT2D eigenvalue weighted by Crippen LogP contribution is 2.01. The van der Waals surface area contributed by atoms with Crippen LogP contribution in [-0.2, 0) is 16.0 Å². The van der Waals surface area contributed by atoms with Crippen LogP contribution in [0.25, 0.3) is 0 Å². The Morgan fingerprint density at radius 3 is 2.44 bits per heavy atom. The Balaban J connectivity index is 2.22. The maximum atomic E-state index is 11.2. The third-order valence-electron chi connectivity index (χ3n) is 2.39. The van der Waals surface area contributed by atoms with Gasteiger partial charge in [0, 0.05) is 6.54 Å². The van der Waals surface area contributed by atoms with Crippen molar-refractivity contribution in [1.29, 1.82) is 0 Å². The Bertz CT molecular complexity index is 394. The SMILES string of the molecule is O=C(NO)[C@H](O)C(=O)NCCCc1ccccc1. The molecular formula is C12H16N2O4. The number of rotatable bonds is 6. The molecule has 0 saturated heterocycles. The molecule has 98 valence electrons. The first kappa shape index (κ1) is 14.1. The first-order chi connectivity index (χ1) is 8.65. The summed E-state index contributed by atoms with van der Waals surface area (Å²) in [7, 11) is 0. The minimum absolute atomic E-state index is 0.351. The van der Waals surface area contributed by atoms with Crippen LogP contribution in [0, 0.1) is 0 Å². The second-order valence-corrected chi connectivity index (χ2v) is 3.76.